The van der Waals surface area contributed by atoms with Crippen molar-refractivity contribution >= 4 is 46.8 Å². The fourth-order valence-corrected chi connectivity index (χ4v) is 4.38. The molecule has 0 saturated carbocycles. The van der Waals surface area contributed by atoms with Crippen molar-refractivity contribution in [1.29, 1.82) is 0 Å². The smallest absolute Gasteiger partial charge is 0.242 e. The van der Waals surface area contributed by atoms with Crippen molar-refractivity contribution in [3.63, 3.8) is 0 Å². The van der Waals surface area contributed by atoms with Gasteiger partial charge in [-0.15, -0.1) is 11.8 Å². The lowest BCUT2D eigenvalue weighted by Gasteiger charge is -2.31. The number of carbonyl (C=O) groups is 2. The van der Waals surface area contributed by atoms with Crippen LogP contribution in [0.1, 0.15) is 43.9 Å². The second-order valence-electron chi connectivity index (χ2n) is 8.31. The number of nitrogens with zero attached hydrogens (tertiary/aromatic N) is 1. The van der Waals surface area contributed by atoms with Gasteiger partial charge in [-0.3, -0.25) is 9.59 Å². The maximum atomic E-state index is 13.2. The number of halogens is 2. The average molecular weight is 496 g/mol. The number of rotatable bonds is 11. The van der Waals surface area contributed by atoms with Gasteiger partial charge in [0.1, 0.15) is 6.04 Å². The van der Waals surface area contributed by atoms with Crippen molar-refractivity contribution in [2.45, 2.75) is 52.5 Å². The highest BCUT2D eigenvalue weighted by Crippen LogP contribution is 2.25. The van der Waals surface area contributed by atoms with Crippen LogP contribution >= 0.6 is 35.0 Å². The molecule has 0 fully saturated rings. The summed E-state index contributed by atoms with van der Waals surface area (Å²) in [5, 5.41) is 4.01. The van der Waals surface area contributed by atoms with Crippen LogP contribution in [0.4, 0.5) is 0 Å². The SMILES string of the molecule is CC[C@H](C(=O)NCC(C)C)N(Cc1ccc(C)cc1)C(=O)CSCc1ccc(Cl)c(Cl)c1. The monoisotopic (exact) mass is 494 g/mol. The summed E-state index contributed by atoms with van der Waals surface area (Å²) >= 11 is 13.6. The highest BCUT2D eigenvalue weighted by molar-refractivity contribution is 7.99. The van der Waals surface area contributed by atoms with Gasteiger partial charge in [0.25, 0.3) is 0 Å². The van der Waals surface area contributed by atoms with Crippen LogP contribution in [0.25, 0.3) is 0 Å². The van der Waals surface area contributed by atoms with E-state index in [9.17, 15) is 9.59 Å². The molecule has 0 aliphatic rings. The van der Waals surface area contributed by atoms with Gasteiger partial charge in [0.15, 0.2) is 0 Å². The average Bonchev–Trinajstić information content (AvgIpc) is 2.75. The maximum Gasteiger partial charge on any atom is 0.242 e. The van der Waals surface area contributed by atoms with E-state index >= 15 is 0 Å². The van der Waals surface area contributed by atoms with Crippen molar-refractivity contribution in [2.24, 2.45) is 5.92 Å². The molecule has 0 radical (unpaired) electrons. The first-order valence-corrected chi connectivity index (χ1v) is 12.8. The molecule has 0 unspecified atom stereocenters. The highest BCUT2D eigenvalue weighted by Gasteiger charge is 2.28. The molecule has 0 saturated heterocycles. The van der Waals surface area contributed by atoms with E-state index in [1.807, 2.05) is 50.2 Å². The van der Waals surface area contributed by atoms with Crippen LogP contribution in [-0.4, -0.2) is 35.1 Å². The molecular formula is C25H32Cl2N2O2S. The van der Waals surface area contributed by atoms with E-state index < -0.39 is 6.04 Å². The van der Waals surface area contributed by atoms with Gasteiger partial charge in [0, 0.05) is 18.8 Å². The molecule has 2 aromatic carbocycles. The van der Waals surface area contributed by atoms with Crippen LogP contribution in [0, 0.1) is 12.8 Å². The molecule has 4 nitrogen and oxygen atoms in total. The van der Waals surface area contributed by atoms with Crippen molar-refractivity contribution in [1.82, 2.24) is 10.2 Å². The van der Waals surface area contributed by atoms with Crippen molar-refractivity contribution in [3.05, 3.63) is 69.2 Å². The largest absolute Gasteiger partial charge is 0.354 e. The molecule has 7 heteroatoms. The molecule has 0 aliphatic carbocycles. The first kappa shape index (κ1) is 26.6. The minimum Gasteiger partial charge on any atom is -0.354 e. The van der Waals surface area contributed by atoms with E-state index in [0.29, 0.717) is 41.2 Å². The van der Waals surface area contributed by atoms with Crippen LogP contribution in [0.15, 0.2) is 42.5 Å². The fraction of sp³-hybridized carbons (Fsp3) is 0.440. The van der Waals surface area contributed by atoms with Crippen molar-refractivity contribution in [3.8, 4) is 0 Å². The summed E-state index contributed by atoms with van der Waals surface area (Å²) in [6.07, 6.45) is 0.555. The Balaban J connectivity index is 2.11. The first-order chi connectivity index (χ1) is 15.2. The number of aryl methyl sites for hydroxylation is 1. The Labute approximate surface area is 206 Å². The Kier molecular flexibility index (Phi) is 10.9. The molecule has 2 rings (SSSR count). The van der Waals surface area contributed by atoms with Crippen LogP contribution in [0.2, 0.25) is 10.0 Å². The standard InChI is InChI=1S/C25H32Cl2N2O2S/c1-5-23(25(31)28-13-17(2)3)29(14-19-8-6-18(4)7-9-19)24(30)16-32-15-20-10-11-21(26)22(27)12-20/h6-12,17,23H,5,13-16H2,1-4H3,(H,28,31)/t23-/m1/s1. The lowest BCUT2D eigenvalue weighted by atomic mass is 10.1. The highest BCUT2D eigenvalue weighted by atomic mass is 35.5. The van der Waals surface area contributed by atoms with E-state index in [-0.39, 0.29) is 17.6 Å². The number of nitrogens with one attached hydrogen (secondary N) is 1. The molecule has 0 bridgehead atoms. The van der Waals surface area contributed by atoms with Gasteiger partial charge in [-0.1, -0.05) is 79.9 Å². The molecular weight excluding hydrogens is 463 g/mol. The summed E-state index contributed by atoms with van der Waals surface area (Å²) in [5.41, 5.74) is 3.17. The lowest BCUT2D eigenvalue weighted by molar-refractivity contribution is -0.139. The topological polar surface area (TPSA) is 49.4 Å². The quantitative estimate of drug-likeness (QED) is 0.409. The minimum atomic E-state index is -0.506. The third kappa shape index (κ3) is 8.34. The predicted octanol–water partition coefficient (Wildman–Crippen LogP) is 6.11. The Morgan fingerprint density at radius 2 is 1.69 bits per heavy atom. The fourth-order valence-electron chi connectivity index (χ4n) is 3.20. The Morgan fingerprint density at radius 1 is 1.03 bits per heavy atom. The summed E-state index contributed by atoms with van der Waals surface area (Å²) in [5.74, 6) is 1.11. The van der Waals surface area contributed by atoms with E-state index in [1.54, 1.807) is 11.0 Å². The third-order valence-corrected chi connectivity index (χ3v) is 6.75. The normalized spacial score (nSPS) is 12.0. The zero-order valence-electron chi connectivity index (χ0n) is 19.2. The number of benzene rings is 2. The van der Waals surface area contributed by atoms with Gasteiger partial charge in [0.05, 0.1) is 15.8 Å². The molecule has 32 heavy (non-hydrogen) atoms. The molecule has 2 aromatic rings. The molecule has 174 valence electrons. The minimum absolute atomic E-state index is 0.0535. The molecule has 1 atom stereocenters. The summed E-state index contributed by atoms with van der Waals surface area (Å²) in [4.78, 5) is 27.9. The predicted molar refractivity (Wildman–Crippen MR) is 136 cm³/mol. The number of carbonyl (C=O) groups excluding carboxylic acids is 2. The van der Waals surface area contributed by atoms with E-state index in [4.69, 9.17) is 23.2 Å². The lowest BCUT2D eigenvalue weighted by Crippen LogP contribution is -2.50. The van der Waals surface area contributed by atoms with Gasteiger partial charge in [-0.05, 0) is 42.5 Å². The first-order valence-electron chi connectivity index (χ1n) is 10.9. The van der Waals surface area contributed by atoms with Crippen molar-refractivity contribution in [2.75, 3.05) is 12.3 Å². The second kappa shape index (κ2) is 13.1. The van der Waals surface area contributed by atoms with Gasteiger partial charge < -0.3 is 10.2 Å². The van der Waals surface area contributed by atoms with Gasteiger partial charge in [0.2, 0.25) is 11.8 Å². The molecule has 2 amide bonds. The summed E-state index contributed by atoms with van der Waals surface area (Å²) in [7, 11) is 0. The Hall–Kier alpha value is -1.69. The summed E-state index contributed by atoms with van der Waals surface area (Å²) in [6.45, 7) is 9.07. The molecule has 1 N–H and O–H groups in total. The molecule has 0 heterocycles. The zero-order valence-corrected chi connectivity index (χ0v) is 21.5. The van der Waals surface area contributed by atoms with Crippen LogP contribution in [0.3, 0.4) is 0 Å². The summed E-state index contributed by atoms with van der Waals surface area (Å²) < 4.78 is 0. The van der Waals surface area contributed by atoms with Gasteiger partial charge >= 0.3 is 0 Å². The zero-order chi connectivity index (χ0) is 23.7. The number of hydrogen-bond donors (Lipinski definition) is 1. The van der Waals surface area contributed by atoms with E-state index in [0.717, 1.165) is 16.7 Å². The number of amides is 2. The maximum absolute atomic E-state index is 13.2. The van der Waals surface area contributed by atoms with E-state index in [2.05, 4.69) is 19.2 Å². The Morgan fingerprint density at radius 3 is 2.28 bits per heavy atom. The van der Waals surface area contributed by atoms with Crippen molar-refractivity contribution < 1.29 is 9.59 Å². The van der Waals surface area contributed by atoms with E-state index in [1.165, 1.54) is 11.8 Å². The van der Waals surface area contributed by atoms with Gasteiger partial charge in [-0.25, -0.2) is 0 Å². The molecule has 0 spiro atoms. The van der Waals surface area contributed by atoms with Crippen LogP contribution in [-0.2, 0) is 21.9 Å². The molecule has 0 aromatic heterocycles. The summed E-state index contributed by atoms with van der Waals surface area (Å²) in [6, 6.07) is 13.1. The van der Waals surface area contributed by atoms with Crippen LogP contribution < -0.4 is 5.32 Å². The second-order valence-corrected chi connectivity index (χ2v) is 10.1. The third-order valence-electron chi connectivity index (χ3n) is 5.02. The van der Waals surface area contributed by atoms with Gasteiger partial charge in [-0.2, -0.15) is 0 Å². The number of hydrogen-bond acceptors (Lipinski definition) is 3. The Bertz CT molecular complexity index is 903. The number of thioether (sulfide) groups is 1. The molecule has 0 aliphatic heterocycles. The van der Waals surface area contributed by atoms with Crippen LogP contribution in [0.5, 0.6) is 0 Å².